The average molecular weight is 699 g/mol. The third kappa shape index (κ3) is 11.2. The monoisotopic (exact) mass is 698 g/mol. The number of nitrogens with two attached hydrogens (primary N) is 1. The van der Waals surface area contributed by atoms with Crippen LogP contribution in [-0.2, 0) is 29.9 Å². The Morgan fingerprint density at radius 1 is 1.00 bits per heavy atom. The third-order valence-electron chi connectivity index (χ3n) is 8.67. The molecule has 4 rings (SSSR count). The number of rotatable bonds is 21. The summed E-state index contributed by atoms with van der Waals surface area (Å²) in [5, 5.41) is 0. The molecule has 2 aliphatic rings. The summed E-state index contributed by atoms with van der Waals surface area (Å²) >= 11 is 0. The summed E-state index contributed by atoms with van der Waals surface area (Å²) in [4.78, 5) is 39.6. The number of ether oxygens (including phenoxy) is 2. The summed E-state index contributed by atoms with van der Waals surface area (Å²) in [5.74, 6) is -4.50. The smallest absolute Gasteiger partial charge is 0.453 e. The molecule has 3 N–H and O–H groups in total. The van der Waals surface area contributed by atoms with Gasteiger partial charge in [0.15, 0.2) is 11.9 Å². The molecule has 11 nitrogen and oxygen atoms in total. The van der Waals surface area contributed by atoms with Crippen molar-refractivity contribution >= 4 is 20.0 Å². The van der Waals surface area contributed by atoms with Gasteiger partial charge in [0.1, 0.15) is 25.1 Å². The molecule has 1 saturated heterocycles. The van der Waals surface area contributed by atoms with Gasteiger partial charge in [0.05, 0.1) is 0 Å². The van der Waals surface area contributed by atoms with E-state index >= 15 is 8.78 Å². The normalized spacial score (nSPS) is 23.0. The Labute approximate surface area is 282 Å². The first-order valence-electron chi connectivity index (χ1n) is 17.4. The van der Waals surface area contributed by atoms with Gasteiger partial charge in [-0.3, -0.25) is 13.9 Å². The van der Waals surface area contributed by atoms with E-state index < -0.39 is 50.8 Å². The molecule has 2 aromatic rings. The molecule has 48 heavy (non-hydrogen) atoms. The molecule has 1 fully saturated rings. The number of benzene rings is 1. The zero-order chi connectivity index (χ0) is 34.4. The van der Waals surface area contributed by atoms with Crippen molar-refractivity contribution < 1.29 is 41.5 Å². The Morgan fingerprint density at radius 2 is 1.60 bits per heavy atom. The van der Waals surface area contributed by atoms with Crippen LogP contribution in [0.15, 0.2) is 41.3 Å². The number of anilines is 1. The maximum absolute atomic E-state index is 15.8. The number of halogens is 2. The molecular formula is C34H51F2N3O8P+. The Balaban J connectivity index is 1.23. The fraction of sp³-hybridized carbons (Fsp3) is 0.676. The number of nitrogens with zero attached hydrogens (tertiary/aromatic N) is 2. The Bertz CT molecular complexity index is 1350. The number of esters is 1. The minimum absolute atomic E-state index is 0.0189. The lowest BCUT2D eigenvalue weighted by Crippen LogP contribution is -2.44. The van der Waals surface area contributed by atoms with Gasteiger partial charge in [-0.15, -0.1) is 9.05 Å². The van der Waals surface area contributed by atoms with Crippen LogP contribution >= 0.6 is 8.17 Å². The molecule has 0 spiro atoms. The van der Waals surface area contributed by atoms with E-state index in [4.69, 9.17) is 28.8 Å². The van der Waals surface area contributed by atoms with Gasteiger partial charge in [0.2, 0.25) is 6.23 Å². The van der Waals surface area contributed by atoms with Gasteiger partial charge in [0, 0.05) is 18.2 Å². The molecule has 268 valence electrons. The van der Waals surface area contributed by atoms with E-state index in [1.807, 2.05) is 0 Å². The highest BCUT2D eigenvalue weighted by Gasteiger charge is 2.64. The van der Waals surface area contributed by atoms with Crippen LogP contribution in [0.4, 0.5) is 14.6 Å². The first kappa shape index (κ1) is 38.1. The molecule has 4 atom stereocenters. The van der Waals surface area contributed by atoms with Crippen LogP contribution in [0.25, 0.3) is 0 Å². The highest BCUT2D eigenvalue weighted by Crippen LogP contribution is 2.62. The molecule has 3 heterocycles. The summed E-state index contributed by atoms with van der Waals surface area (Å²) in [6.07, 6.45) is 12.6. The second kappa shape index (κ2) is 18.9. The fourth-order valence-corrected chi connectivity index (χ4v) is 7.18. The number of unbranched alkanes of at least 4 members (excludes halogenated alkanes) is 14. The van der Waals surface area contributed by atoms with Crippen LogP contribution < -0.4 is 15.9 Å². The summed E-state index contributed by atoms with van der Waals surface area (Å²) in [7, 11) is -3.97. The molecule has 2 aliphatic heterocycles. The minimum atomic E-state index is -3.97. The molecule has 0 radical (unpaired) electrons. The number of para-hydroxylation sites is 1. The molecule has 0 bridgehead atoms. The number of carbonyl (C=O) groups excluding carboxylic acids is 1. The molecular weight excluding hydrogens is 647 g/mol. The first-order chi connectivity index (χ1) is 23.1. The van der Waals surface area contributed by atoms with Gasteiger partial charge in [-0.2, -0.15) is 18.7 Å². The second-order valence-electron chi connectivity index (χ2n) is 12.6. The Morgan fingerprint density at radius 3 is 2.23 bits per heavy atom. The summed E-state index contributed by atoms with van der Waals surface area (Å²) in [5.41, 5.74) is 5.14. The zero-order valence-corrected chi connectivity index (χ0v) is 28.8. The van der Waals surface area contributed by atoms with E-state index in [1.165, 1.54) is 70.3 Å². The van der Waals surface area contributed by atoms with Gasteiger partial charge in [-0.1, -0.05) is 115 Å². The van der Waals surface area contributed by atoms with Crippen molar-refractivity contribution in [3.8, 4) is 5.75 Å². The second-order valence-corrected chi connectivity index (χ2v) is 14.2. The topological polar surface area (TPSA) is 144 Å². The number of hydrogen-bond donors (Lipinski definition) is 2. The van der Waals surface area contributed by atoms with E-state index in [0.29, 0.717) is 22.3 Å². The number of nitrogen functional groups attached to an aromatic ring is 1. The minimum Gasteiger partial charge on any atom is -0.453 e. The summed E-state index contributed by atoms with van der Waals surface area (Å²) < 4.78 is 59.5. The van der Waals surface area contributed by atoms with E-state index in [9.17, 15) is 14.5 Å². The molecule has 1 aromatic heterocycles. The number of hydrogen-bond acceptors (Lipinski definition) is 10. The molecule has 0 saturated carbocycles. The molecule has 14 heteroatoms. The first-order valence-corrected chi connectivity index (χ1v) is 18.9. The fourth-order valence-electron chi connectivity index (χ4n) is 5.94. The van der Waals surface area contributed by atoms with Crippen LogP contribution in [-0.4, -0.2) is 45.2 Å². The highest BCUT2D eigenvalue weighted by molar-refractivity contribution is 7.55. The number of fused-ring (bicyclic) bond motifs is 1. The van der Waals surface area contributed by atoms with Gasteiger partial charge in [0.25, 0.3) is 0 Å². The van der Waals surface area contributed by atoms with Crippen molar-refractivity contribution in [3.63, 3.8) is 0 Å². The zero-order valence-electron chi connectivity index (χ0n) is 27.9. The van der Waals surface area contributed by atoms with E-state index in [-0.39, 0.29) is 18.8 Å². The number of aromatic nitrogens is 2. The van der Waals surface area contributed by atoms with E-state index in [0.717, 1.165) is 31.9 Å². The van der Waals surface area contributed by atoms with Crippen LogP contribution in [0, 0.1) is 0 Å². The lowest BCUT2D eigenvalue weighted by Gasteiger charge is -2.25. The number of alkyl halides is 2. The third-order valence-corrected chi connectivity index (χ3v) is 10.0. The molecule has 0 amide bonds. The molecule has 1 unspecified atom stereocenters. The predicted octanol–water partition coefficient (Wildman–Crippen LogP) is 7.83. The van der Waals surface area contributed by atoms with Crippen LogP contribution in [0.1, 0.15) is 121 Å². The molecule has 1 aromatic carbocycles. The van der Waals surface area contributed by atoms with Gasteiger partial charge < -0.3 is 15.2 Å². The van der Waals surface area contributed by atoms with Crippen LogP contribution in [0.3, 0.4) is 0 Å². The lowest BCUT2D eigenvalue weighted by atomic mass is 10.0. The van der Waals surface area contributed by atoms with Gasteiger partial charge in [-0.25, -0.2) is 4.79 Å². The Hall–Kier alpha value is -2.70. The van der Waals surface area contributed by atoms with Gasteiger partial charge >= 0.3 is 25.8 Å². The van der Waals surface area contributed by atoms with E-state index in [2.05, 4.69) is 11.9 Å². The van der Waals surface area contributed by atoms with Crippen molar-refractivity contribution in [2.24, 2.45) is 0 Å². The summed E-state index contributed by atoms with van der Waals surface area (Å²) in [6.45, 7) is 1.54. The standard InChI is InChI=1S/C34H50F2N3O8P/c1-2-3-4-5-6-7-8-9-10-11-12-13-14-15-16-21-30(40)46-31-28(25-44-48(42)43-24-26-19-17-18-20-27(26)47-48)45-32(34(31,35)36)39-23-22-29(37)38-33(39)41/h17-20,22-23,28,31-32,42H,2-16,21,24-25H2,1H3,(H-,37,38,41)/p+1/t28-,31-,32-,48?/m1/s1. The summed E-state index contributed by atoms with van der Waals surface area (Å²) in [6, 6.07) is 8.02. The van der Waals surface area contributed by atoms with E-state index in [1.54, 1.807) is 24.3 Å². The van der Waals surface area contributed by atoms with Gasteiger partial charge in [-0.05, 0) is 18.6 Å². The van der Waals surface area contributed by atoms with Crippen molar-refractivity contribution in [2.75, 3.05) is 12.3 Å². The lowest BCUT2D eigenvalue weighted by molar-refractivity contribution is -0.176. The van der Waals surface area contributed by atoms with Crippen molar-refractivity contribution in [3.05, 3.63) is 52.6 Å². The van der Waals surface area contributed by atoms with Crippen molar-refractivity contribution in [1.29, 1.82) is 0 Å². The van der Waals surface area contributed by atoms with Crippen molar-refractivity contribution in [2.45, 2.75) is 141 Å². The quantitative estimate of drug-likeness (QED) is 0.0752. The Kier molecular flexibility index (Phi) is 15.0. The maximum atomic E-state index is 15.8. The SMILES string of the molecule is CCCCCCCCCCCCCCCCCC(=O)O[C@@H]1[C@@H](CO[P+]2(O)OCc3ccccc3O2)O[C@@H](n2ccc(N)nc2=O)C1(F)F. The largest absolute Gasteiger partial charge is 0.619 e. The highest BCUT2D eigenvalue weighted by atomic mass is 31.2. The van der Waals surface area contributed by atoms with Crippen LogP contribution in [0.5, 0.6) is 5.75 Å². The van der Waals surface area contributed by atoms with Crippen molar-refractivity contribution in [1.82, 2.24) is 9.55 Å². The average Bonchev–Trinajstić information content (AvgIpc) is 3.30. The van der Waals surface area contributed by atoms with Crippen LogP contribution in [0.2, 0.25) is 0 Å². The predicted molar refractivity (Wildman–Crippen MR) is 178 cm³/mol. The molecule has 0 aliphatic carbocycles. The maximum Gasteiger partial charge on any atom is 0.619 e. The number of carbonyl (C=O) groups is 1.